The fourth-order valence-electron chi connectivity index (χ4n) is 8.71. The molecule has 12 aromatic rings. The second-order valence-electron chi connectivity index (χ2n) is 15.2. The Bertz CT molecular complexity index is 3470. The van der Waals surface area contributed by atoms with E-state index in [1.54, 1.807) is 0 Å². The molecule has 5 nitrogen and oxygen atoms in total. The number of rotatable bonds is 6. The van der Waals surface area contributed by atoms with Gasteiger partial charge in [-0.2, -0.15) is 0 Å². The highest BCUT2D eigenvalue weighted by Crippen LogP contribution is 2.40. The molecule has 9 aromatic carbocycles. The molecule has 60 heavy (non-hydrogen) atoms. The van der Waals surface area contributed by atoms with E-state index in [-0.39, 0.29) is 0 Å². The minimum atomic E-state index is 0.584. The zero-order valence-corrected chi connectivity index (χ0v) is 32.3. The van der Waals surface area contributed by atoms with Crippen molar-refractivity contribution in [3.05, 3.63) is 206 Å². The lowest BCUT2D eigenvalue weighted by atomic mass is 10.0. The molecular weight excluding hydrogens is 733 g/mol. The maximum Gasteiger partial charge on any atom is 0.164 e. The minimum Gasteiger partial charge on any atom is -0.456 e. The summed E-state index contributed by atoms with van der Waals surface area (Å²) in [6.07, 6.45) is 0. The van der Waals surface area contributed by atoms with Crippen molar-refractivity contribution >= 4 is 54.5 Å². The van der Waals surface area contributed by atoms with Crippen molar-refractivity contribution in [3.63, 3.8) is 0 Å². The summed E-state index contributed by atoms with van der Waals surface area (Å²) in [5, 5.41) is 6.84. The molecule has 0 fully saturated rings. The van der Waals surface area contributed by atoms with Crippen molar-refractivity contribution < 1.29 is 4.42 Å². The molecule has 0 unspecified atom stereocenters. The van der Waals surface area contributed by atoms with Crippen LogP contribution in [0.25, 0.3) is 117 Å². The van der Waals surface area contributed by atoms with Gasteiger partial charge in [0.15, 0.2) is 17.5 Å². The van der Waals surface area contributed by atoms with Gasteiger partial charge in [0, 0.05) is 50.0 Å². The minimum absolute atomic E-state index is 0.584. The van der Waals surface area contributed by atoms with Gasteiger partial charge in [0.1, 0.15) is 11.2 Å². The van der Waals surface area contributed by atoms with Gasteiger partial charge in [-0.1, -0.05) is 164 Å². The second kappa shape index (κ2) is 13.8. The van der Waals surface area contributed by atoms with E-state index >= 15 is 0 Å². The fraction of sp³-hybridized carbons (Fsp3) is 0. The van der Waals surface area contributed by atoms with Crippen LogP contribution in [0.4, 0.5) is 0 Å². The van der Waals surface area contributed by atoms with Gasteiger partial charge in [-0.15, -0.1) is 0 Å². The molecule has 0 spiro atoms. The predicted octanol–water partition coefficient (Wildman–Crippen LogP) is 14.4. The summed E-state index contributed by atoms with van der Waals surface area (Å²) in [4.78, 5) is 15.5. The number of benzene rings is 9. The van der Waals surface area contributed by atoms with E-state index in [4.69, 9.17) is 19.4 Å². The van der Waals surface area contributed by atoms with Crippen LogP contribution in [0, 0.1) is 0 Å². The Labute approximate surface area is 345 Å². The quantitative estimate of drug-likeness (QED) is 0.169. The molecule has 0 aliphatic rings. The molecule has 0 saturated carbocycles. The van der Waals surface area contributed by atoms with Gasteiger partial charge in [0.05, 0.1) is 11.0 Å². The van der Waals surface area contributed by atoms with Gasteiger partial charge in [-0.05, 0) is 69.4 Å². The molecule has 12 rings (SSSR count). The molecule has 0 bridgehead atoms. The Morgan fingerprint density at radius 1 is 0.333 bits per heavy atom. The number of furan rings is 1. The molecular formula is C55H34N4O. The number of para-hydroxylation sites is 1. The van der Waals surface area contributed by atoms with Crippen molar-refractivity contribution in [2.45, 2.75) is 0 Å². The standard InChI is InChI=1S/C55H34N4O/c1-3-12-35(13-4-1)37-22-26-39(27-23-37)53-56-54(40-28-24-38(25-29-40)36-14-5-2-6-15-36)58-55(57-53)46-19-11-21-50-52(46)45-31-30-43(34-51(45)60-50)59-48-20-10-9-18-44(48)47-32-41-16-7-8-17-42(41)33-49(47)59/h1-34H. The van der Waals surface area contributed by atoms with Gasteiger partial charge >= 0.3 is 0 Å². The lowest BCUT2D eigenvalue weighted by Crippen LogP contribution is -2.00. The summed E-state index contributed by atoms with van der Waals surface area (Å²) < 4.78 is 9.05. The highest BCUT2D eigenvalue weighted by atomic mass is 16.3. The maximum atomic E-state index is 6.70. The van der Waals surface area contributed by atoms with Crippen LogP contribution >= 0.6 is 0 Å². The first-order valence-corrected chi connectivity index (χ1v) is 20.2. The Morgan fingerprint density at radius 2 is 0.883 bits per heavy atom. The van der Waals surface area contributed by atoms with E-state index in [1.807, 2.05) is 24.3 Å². The van der Waals surface area contributed by atoms with E-state index in [0.29, 0.717) is 17.5 Å². The monoisotopic (exact) mass is 766 g/mol. The molecule has 3 aromatic heterocycles. The molecule has 5 heteroatoms. The number of fused-ring (bicyclic) bond motifs is 7. The van der Waals surface area contributed by atoms with E-state index in [1.165, 1.54) is 21.5 Å². The topological polar surface area (TPSA) is 56.7 Å². The van der Waals surface area contributed by atoms with Crippen LogP contribution < -0.4 is 0 Å². The Morgan fingerprint density at radius 3 is 1.55 bits per heavy atom. The number of nitrogens with zero attached hydrogens (tertiary/aromatic N) is 4. The third-order valence-corrected chi connectivity index (χ3v) is 11.7. The molecule has 280 valence electrons. The normalized spacial score (nSPS) is 11.7. The summed E-state index contributed by atoms with van der Waals surface area (Å²) in [7, 11) is 0. The SMILES string of the molecule is c1ccc(-c2ccc(-c3nc(-c4ccc(-c5ccccc5)cc4)nc(-c4cccc5oc6cc(-n7c8ccccc8c8cc9ccccc9cc87)ccc6c45)n3)cc2)cc1. The van der Waals surface area contributed by atoms with Gasteiger partial charge in [0.25, 0.3) is 0 Å². The van der Waals surface area contributed by atoms with Crippen molar-refractivity contribution in [3.8, 4) is 62.1 Å². The molecule has 0 aliphatic carbocycles. The molecule has 3 heterocycles. The Kier molecular flexibility index (Phi) is 7.78. The first kappa shape index (κ1) is 33.9. The first-order valence-electron chi connectivity index (χ1n) is 20.2. The summed E-state index contributed by atoms with van der Waals surface area (Å²) in [6, 6.07) is 72.1. The highest BCUT2D eigenvalue weighted by molar-refractivity contribution is 6.15. The summed E-state index contributed by atoms with van der Waals surface area (Å²) in [6.45, 7) is 0. The lowest BCUT2D eigenvalue weighted by Gasteiger charge is -2.11. The van der Waals surface area contributed by atoms with Gasteiger partial charge in [-0.25, -0.2) is 15.0 Å². The molecule has 0 radical (unpaired) electrons. The largest absolute Gasteiger partial charge is 0.456 e. The number of hydrogen-bond acceptors (Lipinski definition) is 4. The van der Waals surface area contributed by atoms with Gasteiger partial charge in [-0.3, -0.25) is 0 Å². The third kappa shape index (κ3) is 5.67. The van der Waals surface area contributed by atoms with Crippen LogP contribution in [0.5, 0.6) is 0 Å². The van der Waals surface area contributed by atoms with E-state index in [9.17, 15) is 0 Å². The highest BCUT2D eigenvalue weighted by Gasteiger charge is 2.20. The van der Waals surface area contributed by atoms with Crippen LogP contribution in [-0.4, -0.2) is 19.5 Å². The smallest absolute Gasteiger partial charge is 0.164 e. The zero-order valence-electron chi connectivity index (χ0n) is 32.3. The van der Waals surface area contributed by atoms with Crippen LogP contribution in [0.3, 0.4) is 0 Å². The summed E-state index contributed by atoms with van der Waals surface area (Å²) >= 11 is 0. The summed E-state index contributed by atoms with van der Waals surface area (Å²) in [5.74, 6) is 1.79. The molecule has 0 N–H and O–H groups in total. The second-order valence-corrected chi connectivity index (χ2v) is 15.2. The average molecular weight is 767 g/mol. The van der Waals surface area contributed by atoms with E-state index in [0.717, 1.165) is 77.6 Å². The lowest BCUT2D eigenvalue weighted by molar-refractivity contribution is 0.668. The van der Waals surface area contributed by atoms with Gasteiger partial charge in [0.2, 0.25) is 0 Å². The summed E-state index contributed by atoms with van der Waals surface area (Å²) in [5.41, 5.74) is 12.2. The third-order valence-electron chi connectivity index (χ3n) is 11.7. The van der Waals surface area contributed by atoms with E-state index in [2.05, 4.69) is 187 Å². The van der Waals surface area contributed by atoms with Crippen LogP contribution in [0.1, 0.15) is 0 Å². The molecule has 0 atom stereocenters. The van der Waals surface area contributed by atoms with Crippen LogP contribution in [0.2, 0.25) is 0 Å². The number of aromatic nitrogens is 4. The van der Waals surface area contributed by atoms with Crippen LogP contribution in [0.15, 0.2) is 211 Å². The number of hydrogen-bond donors (Lipinski definition) is 0. The van der Waals surface area contributed by atoms with Crippen LogP contribution in [-0.2, 0) is 0 Å². The van der Waals surface area contributed by atoms with Crippen molar-refractivity contribution in [2.24, 2.45) is 0 Å². The fourth-order valence-corrected chi connectivity index (χ4v) is 8.71. The van der Waals surface area contributed by atoms with Crippen molar-refractivity contribution in [1.29, 1.82) is 0 Å². The first-order chi connectivity index (χ1) is 29.7. The van der Waals surface area contributed by atoms with Crippen molar-refractivity contribution in [1.82, 2.24) is 19.5 Å². The molecule has 0 amide bonds. The van der Waals surface area contributed by atoms with Crippen molar-refractivity contribution in [2.75, 3.05) is 0 Å². The Balaban J connectivity index is 1.01. The zero-order chi connectivity index (χ0) is 39.6. The molecule has 0 saturated heterocycles. The average Bonchev–Trinajstić information content (AvgIpc) is 3.86. The predicted molar refractivity (Wildman–Crippen MR) is 246 cm³/mol. The Hall–Kier alpha value is -8.15. The van der Waals surface area contributed by atoms with Gasteiger partial charge < -0.3 is 8.98 Å². The van der Waals surface area contributed by atoms with E-state index < -0.39 is 0 Å². The molecule has 0 aliphatic heterocycles. The maximum absolute atomic E-state index is 6.70.